The van der Waals surface area contributed by atoms with Crippen LogP contribution in [0.1, 0.15) is 31.4 Å². The van der Waals surface area contributed by atoms with Crippen molar-refractivity contribution < 1.29 is 13.2 Å². The van der Waals surface area contributed by atoms with Crippen molar-refractivity contribution in [2.24, 2.45) is 0 Å². The summed E-state index contributed by atoms with van der Waals surface area (Å²) < 4.78 is 38.1. The highest BCUT2D eigenvalue weighted by molar-refractivity contribution is 6.31. The van der Waals surface area contributed by atoms with E-state index in [4.69, 9.17) is 17.3 Å². The van der Waals surface area contributed by atoms with Crippen molar-refractivity contribution >= 4 is 23.0 Å². The summed E-state index contributed by atoms with van der Waals surface area (Å²) in [7, 11) is 0. The zero-order valence-electron chi connectivity index (χ0n) is 13.5. The monoisotopic (exact) mass is 356 g/mol. The number of anilines is 2. The first-order chi connectivity index (χ1) is 11.1. The van der Waals surface area contributed by atoms with Crippen LogP contribution < -0.4 is 11.1 Å². The van der Waals surface area contributed by atoms with Gasteiger partial charge in [-0.3, -0.25) is 0 Å². The third kappa shape index (κ3) is 4.57. The van der Waals surface area contributed by atoms with E-state index in [0.717, 1.165) is 18.1 Å². The standard InChI is InChI=1S/C18H20ClF3N2/c1-17(2,12-4-3-5-13(23)10-12)8-9-24-14-6-7-15(16(19)11-14)18(20,21)22/h3-7,10-11,24H,8-9,23H2,1-2H3. The molecule has 24 heavy (non-hydrogen) atoms. The van der Waals surface area contributed by atoms with E-state index in [9.17, 15) is 13.2 Å². The number of rotatable bonds is 5. The van der Waals surface area contributed by atoms with E-state index in [1.807, 2.05) is 24.3 Å². The number of halogens is 4. The molecule has 0 spiro atoms. The molecule has 0 fully saturated rings. The Bertz CT molecular complexity index is 712. The Morgan fingerprint density at radius 2 is 1.79 bits per heavy atom. The molecule has 0 aromatic heterocycles. The van der Waals surface area contributed by atoms with Gasteiger partial charge < -0.3 is 11.1 Å². The minimum Gasteiger partial charge on any atom is -0.399 e. The summed E-state index contributed by atoms with van der Waals surface area (Å²) in [6.07, 6.45) is -3.65. The van der Waals surface area contributed by atoms with Gasteiger partial charge in [0.15, 0.2) is 0 Å². The molecule has 2 rings (SSSR count). The maximum absolute atomic E-state index is 12.7. The number of nitrogen functional groups attached to an aromatic ring is 1. The molecule has 2 aromatic rings. The molecule has 2 nitrogen and oxygen atoms in total. The number of benzene rings is 2. The van der Waals surface area contributed by atoms with Gasteiger partial charge in [-0.25, -0.2) is 0 Å². The molecule has 0 aliphatic rings. The number of hydrogen-bond donors (Lipinski definition) is 2. The van der Waals surface area contributed by atoms with Crippen LogP contribution in [0.2, 0.25) is 5.02 Å². The molecule has 6 heteroatoms. The van der Waals surface area contributed by atoms with Crippen molar-refractivity contribution in [2.45, 2.75) is 31.9 Å². The molecule has 2 aromatic carbocycles. The topological polar surface area (TPSA) is 38.0 Å². The lowest BCUT2D eigenvalue weighted by molar-refractivity contribution is -0.137. The van der Waals surface area contributed by atoms with Crippen molar-refractivity contribution in [3.63, 3.8) is 0 Å². The van der Waals surface area contributed by atoms with Gasteiger partial charge in [0, 0.05) is 17.9 Å². The largest absolute Gasteiger partial charge is 0.417 e. The van der Waals surface area contributed by atoms with Crippen LogP contribution in [-0.4, -0.2) is 6.54 Å². The normalized spacial score (nSPS) is 12.2. The third-order valence-corrected chi connectivity index (χ3v) is 4.33. The molecule has 0 saturated carbocycles. The van der Waals surface area contributed by atoms with Gasteiger partial charge in [0.1, 0.15) is 0 Å². The van der Waals surface area contributed by atoms with E-state index >= 15 is 0 Å². The maximum Gasteiger partial charge on any atom is 0.417 e. The molecule has 0 saturated heterocycles. The fourth-order valence-corrected chi connectivity index (χ4v) is 2.77. The highest BCUT2D eigenvalue weighted by atomic mass is 35.5. The van der Waals surface area contributed by atoms with E-state index < -0.39 is 11.7 Å². The van der Waals surface area contributed by atoms with Crippen LogP contribution in [0.5, 0.6) is 0 Å². The summed E-state index contributed by atoms with van der Waals surface area (Å²) in [5, 5.41) is 2.82. The first-order valence-electron chi connectivity index (χ1n) is 7.56. The average molecular weight is 357 g/mol. The summed E-state index contributed by atoms with van der Waals surface area (Å²) in [6, 6.07) is 11.4. The molecule has 0 heterocycles. The Morgan fingerprint density at radius 3 is 2.38 bits per heavy atom. The van der Waals surface area contributed by atoms with Crippen LogP contribution in [0.15, 0.2) is 42.5 Å². The summed E-state index contributed by atoms with van der Waals surface area (Å²) in [5.41, 5.74) is 7.28. The predicted octanol–water partition coefficient (Wildman–Crippen LogP) is 5.72. The Balaban J connectivity index is 2.00. The van der Waals surface area contributed by atoms with Crippen LogP contribution in [0.4, 0.5) is 24.5 Å². The number of nitrogens with two attached hydrogens (primary N) is 1. The van der Waals surface area contributed by atoms with Gasteiger partial charge in [-0.05, 0) is 47.7 Å². The predicted molar refractivity (Wildman–Crippen MR) is 93.4 cm³/mol. The first-order valence-corrected chi connectivity index (χ1v) is 7.94. The molecule has 0 unspecified atom stereocenters. The Labute approximate surface area is 144 Å². The van der Waals surface area contributed by atoms with E-state index in [2.05, 4.69) is 19.2 Å². The van der Waals surface area contributed by atoms with Crippen molar-refractivity contribution in [3.05, 3.63) is 58.6 Å². The van der Waals surface area contributed by atoms with Crippen LogP contribution in [0.25, 0.3) is 0 Å². The molecule has 0 radical (unpaired) electrons. The second-order valence-corrected chi connectivity index (χ2v) is 6.79. The fourth-order valence-electron chi connectivity index (χ4n) is 2.48. The van der Waals surface area contributed by atoms with Crippen LogP contribution >= 0.6 is 11.6 Å². The second kappa shape index (κ2) is 6.93. The third-order valence-electron chi connectivity index (χ3n) is 4.02. The Hall–Kier alpha value is -1.88. The molecule has 0 aliphatic heterocycles. The lowest BCUT2D eigenvalue weighted by atomic mass is 9.81. The number of nitrogens with one attached hydrogen (secondary N) is 1. The summed E-state index contributed by atoms with van der Waals surface area (Å²) in [4.78, 5) is 0. The smallest absolute Gasteiger partial charge is 0.399 e. The minimum absolute atomic E-state index is 0.113. The highest BCUT2D eigenvalue weighted by Crippen LogP contribution is 2.36. The van der Waals surface area contributed by atoms with Gasteiger partial charge in [0.2, 0.25) is 0 Å². The Morgan fingerprint density at radius 1 is 1.08 bits per heavy atom. The molecule has 0 aliphatic carbocycles. The zero-order valence-corrected chi connectivity index (χ0v) is 14.3. The van der Waals surface area contributed by atoms with Crippen LogP contribution in [-0.2, 0) is 11.6 Å². The molecule has 0 atom stereocenters. The van der Waals surface area contributed by atoms with Crippen molar-refractivity contribution in [2.75, 3.05) is 17.6 Å². The van der Waals surface area contributed by atoms with Crippen LogP contribution in [0, 0.1) is 0 Å². The highest BCUT2D eigenvalue weighted by Gasteiger charge is 2.33. The molecular formula is C18H20ClF3N2. The minimum atomic E-state index is -4.44. The van der Waals surface area contributed by atoms with Crippen LogP contribution in [0.3, 0.4) is 0 Å². The molecule has 0 bridgehead atoms. The Kier molecular flexibility index (Phi) is 5.33. The molecule has 0 amide bonds. The summed E-state index contributed by atoms with van der Waals surface area (Å²) >= 11 is 5.72. The summed E-state index contributed by atoms with van der Waals surface area (Å²) in [5.74, 6) is 0. The van der Waals surface area contributed by atoms with E-state index in [0.29, 0.717) is 17.9 Å². The van der Waals surface area contributed by atoms with E-state index in [-0.39, 0.29) is 10.4 Å². The van der Waals surface area contributed by atoms with Gasteiger partial charge in [-0.2, -0.15) is 13.2 Å². The second-order valence-electron chi connectivity index (χ2n) is 6.38. The number of alkyl halides is 3. The first kappa shape index (κ1) is 18.5. The van der Waals surface area contributed by atoms with Crippen molar-refractivity contribution in [1.82, 2.24) is 0 Å². The summed E-state index contributed by atoms with van der Waals surface area (Å²) in [6.45, 7) is 4.80. The van der Waals surface area contributed by atoms with Crippen molar-refractivity contribution in [1.29, 1.82) is 0 Å². The van der Waals surface area contributed by atoms with E-state index in [1.165, 1.54) is 12.1 Å². The molecule has 3 N–H and O–H groups in total. The number of hydrogen-bond acceptors (Lipinski definition) is 2. The van der Waals surface area contributed by atoms with Gasteiger partial charge in [-0.1, -0.05) is 37.6 Å². The average Bonchev–Trinajstić information content (AvgIpc) is 2.46. The lowest BCUT2D eigenvalue weighted by Gasteiger charge is -2.26. The van der Waals surface area contributed by atoms with Crippen molar-refractivity contribution in [3.8, 4) is 0 Å². The fraction of sp³-hybridized carbons (Fsp3) is 0.333. The SMILES string of the molecule is CC(C)(CCNc1ccc(C(F)(F)F)c(Cl)c1)c1cccc(N)c1. The lowest BCUT2D eigenvalue weighted by Crippen LogP contribution is -2.21. The van der Waals surface area contributed by atoms with Gasteiger partial charge in [0.05, 0.1) is 10.6 Å². The quantitative estimate of drug-likeness (QED) is 0.672. The molecule has 130 valence electrons. The zero-order chi connectivity index (χ0) is 18.0. The molecular weight excluding hydrogens is 337 g/mol. The van der Waals surface area contributed by atoms with Gasteiger partial charge in [0.25, 0.3) is 0 Å². The van der Waals surface area contributed by atoms with Gasteiger partial charge in [-0.15, -0.1) is 0 Å². The van der Waals surface area contributed by atoms with E-state index in [1.54, 1.807) is 0 Å². The maximum atomic E-state index is 12.7. The van der Waals surface area contributed by atoms with Gasteiger partial charge >= 0.3 is 6.18 Å².